The van der Waals surface area contributed by atoms with Crippen LogP contribution >= 0.6 is 0 Å². The van der Waals surface area contributed by atoms with E-state index in [0.29, 0.717) is 0 Å². The summed E-state index contributed by atoms with van der Waals surface area (Å²) < 4.78 is 2.36. The van der Waals surface area contributed by atoms with Crippen molar-refractivity contribution >= 4 is 0 Å². The Kier molecular flexibility index (Phi) is 5.33. The Hall–Kier alpha value is -1.02. The van der Waals surface area contributed by atoms with E-state index < -0.39 is 0 Å². The molecule has 1 N–H and O–H groups in total. The lowest BCUT2D eigenvalue weighted by molar-refractivity contribution is 0.678. The second kappa shape index (κ2) is 6.54. The first-order valence-corrected chi connectivity index (χ1v) is 6.18. The zero-order valence-electron chi connectivity index (χ0n) is 11.0. The van der Waals surface area contributed by atoms with Gasteiger partial charge in [0.25, 0.3) is 0 Å². The van der Waals surface area contributed by atoms with Crippen molar-refractivity contribution in [3.05, 3.63) is 35.2 Å². The highest BCUT2D eigenvalue weighted by molar-refractivity contribution is 5.26. The van der Waals surface area contributed by atoms with E-state index in [1.807, 2.05) is 0 Å². The second-order valence-electron chi connectivity index (χ2n) is 4.18. The summed E-state index contributed by atoms with van der Waals surface area (Å²) in [6, 6.07) is 2.29. The number of aryl methyl sites for hydroxylation is 1. The molecule has 16 heavy (non-hydrogen) atoms. The van der Waals surface area contributed by atoms with E-state index in [4.69, 9.17) is 0 Å². The van der Waals surface area contributed by atoms with Crippen LogP contribution in [0.15, 0.2) is 18.2 Å². The first-order valence-electron chi connectivity index (χ1n) is 6.18. The van der Waals surface area contributed by atoms with Crippen LogP contribution in [0.4, 0.5) is 0 Å². The fourth-order valence-electron chi connectivity index (χ4n) is 2.11. The van der Waals surface area contributed by atoms with Crippen LogP contribution in [0.3, 0.4) is 0 Å². The molecular formula is C14H24N2. The van der Waals surface area contributed by atoms with E-state index in [9.17, 15) is 0 Å². The van der Waals surface area contributed by atoms with Gasteiger partial charge in [0.15, 0.2) is 0 Å². The lowest BCUT2D eigenvalue weighted by Crippen LogP contribution is -2.14. The third kappa shape index (κ3) is 3.24. The quantitative estimate of drug-likeness (QED) is 0.575. The molecule has 1 heterocycles. The van der Waals surface area contributed by atoms with Gasteiger partial charge in [0.05, 0.1) is 0 Å². The standard InChI is InChI=1S/C14H24N2/c1-5-7-8-9-15-11-14-10-12(3)16(6-2)13(14)4/h5,7,10,15H,6,8-9,11H2,1-4H3/b7-5+. The summed E-state index contributed by atoms with van der Waals surface area (Å²) in [6.07, 6.45) is 5.41. The monoisotopic (exact) mass is 220 g/mol. The van der Waals surface area contributed by atoms with Gasteiger partial charge in [-0.25, -0.2) is 0 Å². The smallest absolute Gasteiger partial charge is 0.0223 e. The average molecular weight is 220 g/mol. The number of aromatic nitrogens is 1. The third-order valence-electron chi connectivity index (χ3n) is 3.03. The van der Waals surface area contributed by atoms with Crippen LogP contribution in [0.1, 0.15) is 37.2 Å². The van der Waals surface area contributed by atoms with Crippen LogP contribution in [0, 0.1) is 13.8 Å². The number of allylic oxidation sites excluding steroid dienone is 1. The SMILES string of the molecule is C/C=C/CCNCc1cc(C)n(CC)c1C. The molecule has 1 aromatic heterocycles. The van der Waals surface area contributed by atoms with Crippen molar-refractivity contribution in [3.63, 3.8) is 0 Å². The molecule has 2 nitrogen and oxygen atoms in total. The van der Waals surface area contributed by atoms with Gasteiger partial charge in [-0.2, -0.15) is 0 Å². The molecule has 0 aliphatic rings. The largest absolute Gasteiger partial charge is 0.349 e. The van der Waals surface area contributed by atoms with Crippen LogP contribution in [-0.4, -0.2) is 11.1 Å². The fourth-order valence-corrected chi connectivity index (χ4v) is 2.11. The van der Waals surface area contributed by atoms with E-state index in [0.717, 1.165) is 26.1 Å². The maximum Gasteiger partial charge on any atom is 0.0223 e. The molecule has 0 amide bonds. The highest BCUT2D eigenvalue weighted by atomic mass is 15.0. The van der Waals surface area contributed by atoms with Gasteiger partial charge in [-0.1, -0.05) is 12.2 Å². The van der Waals surface area contributed by atoms with Gasteiger partial charge < -0.3 is 9.88 Å². The molecule has 0 fully saturated rings. The molecule has 0 aliphatic heterocycles. The maximum absolute atomic E-state index is 3.48. The van der Waals surface area contributed by atoms with E-state index in [1.165, 1.54) is 17.0 Å². The van der Waals surface area contributed by atoms with Gasteiger partial charge in [-0.05, 0) is 52.3 Å². The average Bonchev–Trinajstić information content (AvgIpc) is 2.53. The van der Waals surface area contributed by atoms with Crippen LogP contribution in [0.5, 0.6) is 0 Å². The van der Waals surface area contributed by atoms with Crippen molar-refractivity contribution in [3.8, 4) is 0 Å². The van der Waals surface area contributed by atoms with Crippen molar-refractivity contribution in [1.82, 2.24) is 9.88 Å². The first kappa shape index (κ1) is 13.0. The lowest BCUT2D eigenvalue weighted by Gasteiger charge is -2.06. The molecule has 90 valence electrons. The Labute approximate surface area is 99.4 Å². The molecule has 1 aromatic rings. The van der Waals surface area contributed by atoms with E-state index in [1.54, 1.807) is 0 Å². The Bertz CT molecular complexity index is 348. The molecule has 0 atom stereocenters. The van der Waals surface area contributed by atoms with Gasteiger partial charge >= 0.3 is 0 Å². The van der Waals surface area contributed by atoms with Gasteiger partial charge in [-0.15, -0.1) is 0 Å². The molecule has 1 rings (SSSR count). The number of hydrogen-bond donors (Lipinski definition) is 1. The Morgan fingerprint density at radius 3 is 2.69 bits per heavy atom. The number of nitrogens with one attached hydrogen (secondary N) is 1. The molecular weight excluding hydrogens is 196 g/mol. The summed E-state index contributed by atoms with van der Waals surface area (Å²) in [5.41, 5.74) is 4.20. The first-order chi connectivity index (χ1) is 7.70. The molecule has 2 heteroatoms. The van der Waals surface area contributed by atoms with Crippen LogP contribution in [0.25, 0.3) is 0 Å². The summed E-state index contributed by atoms with van der Waals surface area (Å²) in [5.74, 6) is 0. The summed E-state index contributed by atoms with van der Waals surface area (Å²) in [6.45, 7) is 11.8. The predicted molar refractivity (Wildman–Crippen MR) is 70.7 cm³/mol. The zero-order valence-corrected chi connectivity index (χ0v) is 11.0. The fraction of sp³-hybridized carbons (Fsp3) is 0.571. The van der Waals surface area contributed by atoms with Gasteiger partial charge in [0.2, 0.25) is 0 Å². The minimum Gasteiger partial charge on any atom is -0.349 e. The molecule has 0 aliphatic carbocycles. The Morgan fingerprint density at radius 2 is 2.12 bits per heavy atom. The number of hydrogen-bond acceptors (Lipinski definition) is 1. The number of nitrogens with zero attached hydrogens (tertiary/aromatic N) is 1. The Morgan fingerprint density at radius 1 is 1.38 bits per heavy atom. The highest BCUT2D eigenvalue weighted by Gasteiger charge is 2.06. The van der Waals surface area contributed by atoms with Crippen LogP contribution in [-0.2, 0) is 13.1 Å². The predicted octanol–water partition coefficient (Wildman–Crippen LogP) is 3.18. The lowest BCUT2D eigenvalue weighted by atomic mass is 10.2. The molecule has 0 aromatic carbocycles. The van der Waals surface area contributed by atoms with Gasteiger partial charge in [-0.3, -0.25) is 0 Å². The maximum atomic E-state index is 3.48. The highest BCUT2D eigenvalue weighted by Crippen LogP contribution is 2.14. The number of rotatable bonds is 6. The summed E-state index contributed by atoms with van der Waals surface area (Å²) in [7, 11) is 0. The van der Waals surface area contributed by atoms with Crippen molar-refractivity contribution in [2.45, 2.75) is 47.2 Å². The second-order valence-corrected chi connectivity index (χ2v) is 4.18. The normalized spacial score (nSPS) is 11.5. The summed E-state index contributed by atoms with van der Waals surface area (Å²) >= 11 is 0. The van der Waals surface area contributed by atoms with E-state index in [2.05, 4.69) is 55.8 Å². The van der Waals surface area contributed by atoms with Crippen molar-refractivity contribution in [2.24, 2.45) is 0 Å². The molecule has 0 saturated carbocycles. The van der Waals surface area contributed by atoms with E-state index in [-0.39, 0.29) is 0 Å². The van der Waals surface area contributed by atoms with Crippen molar-refractivity contribution < 1.29 is 0 Å². The van der Waals surface area contributed by atoms with Crippen molar-refractivity contribution in [1.29, 1.82) is 0 Å². The topological polar surface area (TPSA) is 17.0 Å². The zero-order chi connectivity index (χ0) is 12.0. The minimum atomic E-state index is 0.983. The molecule has 0 unspecified atom stereocenters. The Balaban J connectivity index is 2.48. The summed E-state index contributed by atoms with van der Waals surface area (Å²) in [4.78, 5) is 0. The van der Waals surface area contributed by atoms with Crippen LogP contribution in [0.2, 0.25) is 0 Å². The molecule has 0 bridgehead atoms. The molecule has 0 spiro atoms. The van der Waals surface area contributed by atoms with Gasteiger partial charge in [0.1, 0.15) is 0 Å². The van der Waals surface area contributed by atoms with Crippen LogP contribution < -0.4 is 5.32 Å². The molecule has 0 radical (unpaired) electrons. The summed E-state index contributed by atoms with van der Waals surface area (Å²) in [5, 5.41) is 3.48. The third-order valence-corrected chi connectivity index (χ3v) is 3.03. The van der Waals surface area contributed by atoms with Crippen molar-refractivity contribution in [2.75, 3.05) is 6.54 Å². The molecule has 0 saturated heterocycles. The minimum absolute atomic E-state index is 0.983. The van der Waals surface area contributed by atoms with E-state index >= 15 is 0 Å². The van der Waals surface area contributed by atoms with Gasteiger partial charge in [0, 0.05) is 24.5 Å².